The lowest BCUT2D eigenvalue weighted by Gasteiger charge is -2.15. The zero-order valence-corrected chi connectivity index (χ0v) is 12.0. The molecule has 2 aromatic rings. The number of aryl methyl sites for hydroxylation is 1. The van der Waals surface area contributed by atoms with Crippen LogP contribution in [0.2, 0.25) is 0 Å². The van der Waals surface area contributed by atoms with Crippen molar-refractivity contribution in [2.45, 2.75) is 19.9 Å². The lowest BCUT2D eigenvalue weighted by Crippen LogP contribution is -2.28. The number of nitrogens with zero attached hydrogens (tertiary/aromatic N) is 1. The maximum Gasteiger partial charge on any atom is 0.299 e. The third kappa shape index (κ3) is 2.25. The molecule has 0 aliphatic carbocycles. The molecule has 1 amide bonds. The molecule has 0 fully saturated rings. The van der Waals surface area contributed by atoms with Crippen LogP contribution in [0.1, 0.15) is 27.0 Å². The van der Waals surface area contributed by atoms with Crippen molar-refractivity contribution in [3.05, 3.63) is 51.2 Å². The van der Waals surface area contributed by atoms with Crippen LogP contribution in [0.25, 0.3) is 0 Å². The molecule has 1 aromatic carbocycles. The molecule has 1 aliphatic heterocycles. The van der Waals surface area contributed by atoms with Crippen LogP contribution in [-0.2, 0) is 17.8 Å². The number of amides is 1. The first-order valence-electron chi connectivity index (χ1n) is 6.44. The van der Waals surface area contributed by atoms with Crippen molar-refractivity contribution >= 4 is 28.7 Å². The van der Waals surface area contributed by atoms with Crippen LogP contribution in [0, 0.1) is 11.6 Å². The minimum atomic E-state index is -1.12. The van der Waals surface area contributed by atoms with Gasteiger partial charge in [-0.2, -0.15) is 0 Å². The average molecular weight is 307 g/mol. The molecule has 1 aromatic heterocycles. The van der Waals surface area contributed by atoms with Gasteiger partial charge in [0.05, 0.1) is 17.8 Å². The Bertz CT molecular complexity index is 754. The molecule has 6 heteroatoms. The molecule has 21 heavy (non-hydrogen) atoms. The number of Topliss-reactive ketones (excluding diaryl/α,β-unsaturated/α-hetero) is 1. The summed E-state index contributed by atoms with van der Waals surface area (Å²) in [6, 6.07) is 5.52. The van der Waals surface area contributed by atoms with Crippen LogP contribution in [0.5, 0.6) is 0 Å². The third-order valence-electron chi connectivity index (χ3n) is 3.39. The largest absolute Gasteiger partial charge is 0.299 e. The Kier molecular flexibility index (Phi) is 3.33. The number of hydrogen-bond donors (Lipinski definition) is 0. The average Bonchev–Trinajstić information content (AvgIpc) is 3.01. The minimum absolute atomic E-state index is 0.0776. The molecule has 1 aliphatic rings. The molecular weight excluding hydrogens is 296 g/mol. The molecule has 0 N–H and O–H groups in total. The van der Waals surface area contributed by atoms with Gasteiger partial charge in [-0.05, 0) is 24.6 Å². The number of anilines is 1. The number of carbonyl (C=O) groups excluding carboxylic acids is 2. The van der Waals surface area contributed by atoms with E-state index >= 15 is 0 Å². The summed E-state index contributed by atoms with van der Waals surface area (Å²) in [5.74, 6) is -3.74. The molecule has 0 bridgehead atoms. The molecule has 0 atom stereocenters. The van der Waals surface area contributed by atoms with Crippen molar-refractivity contribution in [1.82, 2.24) is 0 Å². The van der Waals surface area contributed by atoms with E-state index in [9.17, 15) is 18.4 Å². The van der Waals surface area contributed by atoms with Crippen molar-refractivity contribution in [2.24, 2.45) is 0 Å². The van der Waals surface area contributed by atoms with Crippen LogP contribution in [0.3, 0.4) is 0 Å². The number of fused-ring (bicyclic) bond motifs is 1. The molecule has 0 unspecified atom stereocenters. The van der Waals surface area contributed by atoms with Crippen molar-refractivity contribution in [3.8, 4) is 0 Å². The Morgan fingerprint density at radius 3 is 2.43 bits per heavy atom. The van der Waals surface area contributed by atoms with E-state index in [2.05, 4.69) is 0 Å². The highest BCUT2D eigenvalue weighted by molar-refractivity contribution is 7.12. The summed E-state index contributed by atoms with van der Waals surface area (Å²) in [5.41, 5.74) is 0.0570. The van der Waals surface area contributed by atoms with Gasteiger partial charge in [0.2, 0.25) is 0 Å². The Morgan fingerprint density at radius 1 is 1.10 bits per heavy atom. The fourth-order valence-electron chi connectivity index (χ4n) is 2.30. The minimum Gasteiger partial charge on any atom is -0.299 e. The number of ketones is 1. The highest BCUT2D eigenvalue weighted by Crippen LogP contribution is 2.33. The molecular formula is C15H11F2NO2S. The van der Waals surface area contributed by atoms with Crippen molar-refractivity contribution in [3.63, 3.8) is 0 Å². The number of carbonyl (C=O) groups is 2. The zero-order valence-electron chi connectivity index (χ0n) is 11.2. The maximum atomic E-state index is 13.4. The van der Waals surface area contributed by atoms with E-state index in [4.69, 9.17) is 0 Å². The van der Waals surface area contributed by atoms with Gasteiger partial charge in [0.15, 0.2) is 11.6 Å². The van der Waals surface area contributed by atoms with Crippen molar-refractivity contribution in [2.75, 3.05) is 4.90 Å². The molecule has 3 nitrogen and oxygen atoms in total. The van der Waals surface area contributed by atoms with Gasteiger partial charge in [-0.15, -0.1) is 11.3 Å². The van der Waals surface area contributed by atoms with Gasteiger partial charge in [0.1, 0.15) is 0 Å². The summed E-state index contributed by atoms with van der Waals surface area (Å²) in [6.07, 6.45) is 0.883. The third-order valence-corrected chi connectivity index (χ3v) is 4.61. The fraction of sp³-hybridized carbons (Fsp3) is 0.200. The second-order valence-electron chi connectivity index (χ2n) is 4.73. The van der Waals surface area contributed by atoms with E-state index in [0.29, 0.717) is 0 Å². The summed E-state index contributed by atoms with van der Waals surface area (Å²) in [7, 11) is 0. The first-order valence-corrected chi connectivity index (χ1v) is 7.25. The number of halogens is 2. The van der Waals surface area contributed by atoms with Gasteiger partial charge in [0.25, 0.3) is 11.7 Å². The van der Waals surface area contributed by atoms with Gasteiger partial charge in [0, 0.05) is 15.8 Å². The van der Waals surface area contributed by atoms with Crippen molar-refractivity contribution < 1.29 is 18.4 Å². The van der Waals surface area contributed by atoms with Crippen molar-refractivity contribution in [1.29, 1.82) is 0 Å². The van der Waals surface area contributed by atoms with Crippen LogP contribution in [0.4, 0.5) is 14.5 Å². The lowest BCUT2D eigenvalue weighted by atomic mass is 10.1. The number of hydrogen-bond acceptors (Lipinski definition) is 3. The number of thiophene rings is 1. The van der Waals surface area contributed by atoms with Gasteiger partial charge >= 0.3 is 0 Å². The SMILES string of the molecule is CCc1ccc(CN2C(=O)C(=O)c3cc(F)c(F)cc32)s1. The quantitative estimate of drug-likeness (QED) is 0.816. The van der Waals surface area contributed by atoms with E-state index in [1.165, 1.54) is 16.2 Å². The molecule has 0 saturated carbocycles. The smallest absolute Gasteiger partial charge is 0.299 e. The van der Waals surface area contributed by atoms with Crippen LogP contribution in [0.15, 0.2) is 24.3 Å². The van der Waals surface area contributed by atoms with Gasteiger partial charge in [-0.1, -0.05) is 6.92 Å². The molecule has 2 heterocycles. The number of rotatable bonds is 3. The van der Waals surface area contributed by atoms with Crippen LogP contribution < -0.4 is 4.90 Å². The Morgan fingerprint density at radius 2 is 1.76 bits per heavy atom. The maximum absolute atomic E-state index is 13.4. The molecule has 0 radical (unpaired) electrons. The van der Waals surface area contributed by atoms with Gasteiger partial charge < -0.3 is 0 Å². The second kappa shape index (κ2) is 5.04. The molecule has 0 spiro atoms. The number of benzene rings is 1. The predicted molar refractivity (Wildman–Crippen MR) is 75.6 cm³/mol. The van der Waals surface area contributed by atoms with Gasteiger partial charge in [-0.3, -0.25) is 14.5 Å². The van der Waals surface area contributed by atoms with Gasteiger partial charge in [-0.25, -0.2) is 8.78 Å². The van der Waals surface area contributed by atoms with E-state index in [1.807, 2.05) is 19.1 Å². The summed E-state index contributed by atoms with van der Waals surface area (Å²) in [6.45, 7) is 2.21. The van der Waals surface area contributed by atoms with Crippen LogP contribution >= 0.6 is 11.3 Å². The standard InChI is InChI=1S/C15H11F2NO2S/c1-2-8-3-4-9(21-8)7-18-13-6-12(17)11(16)5-10(13)14(19)15(18)20/h3-6H,2,7H2,1H3. The topological polar surface area (TPSA) is 37.4 Å². The predicted octanol–water partition coefficient (Wildman–Crippen LogP) is 3.32. The second-order valence-corrected chi connectivity index (χ2v) is 5.98. The molecule has 3 rings (SSSR count). The Hall–Kier alpha value is -2.08. The lowest BCUT2D eigenvalue weighted by molar-refractivity contribution is -0.114. The van der Waals surface area contributed by atoms with E-state index in [-0.39, 0.29) is 17.8 Å². The van der Waals surface area contributed by atoms with E-state index in [1.54, 1.807) is 0 Å². The summed E-state index contributed by atoms with van der Waals surface area (Å²) >= 11 is 1.53. The Labute approximate surface area is 123 Å². The summed E-state index contributed by atoms with van der Waals surface area (Å²) < 4.78 is 26.6. The molecule has 108 valence electrons. The monoisotopic (exact) mass is 307 g/mol. The van der Waals surface area contributed by atoms with Crippen LogP contribution in [-0.4, -0.2) is 11.7 Å². The normalized spacial score (nSPS) is 14.0. The van der Waals surface area contributed by atoms with E-state index < -0.39 is 23.3 Å². The fourth-order valence-corrected chi connectivity index (χ4v) is 3.25. The highest BCUT2D eigenvalue weighted by Gasteiger charge is 2.37. The zero-order chi connectivity index (χ0) is 15.1. The summed E-state index contributed by atoms with van der Waals surface area (Å²) in [4.78, 5) is 27.1. The first kappa shape index (κ1) is 13.9. The summed E-state index contributed by atoms with van der Waals surface area (Å²) in [5, 5.41) is 0. The highest BCUT2D eigenvalue weighted by atomic mass is 32.1. The Balaban J connectivity index is 1.99. The van der Waals surface area contributed by atoms with E-state index in [0.717, 1.165) is 28.3 Å². The molecule has 0 saturated heterocycles. The first-order chi connectivity index (χ1) is 10.0.